The van der Waals surface area contributed by atoms with Crippen LogP contribution in [0, 0.1) is 29.1 Å². The molecule has 69 heavy (non-hydrogen) atoms. The number of hydrogen-bond acceptors (Lipinski definition) is 13. The molecule has 1 aliphatic rings. The molecule has 0 saturated carbocycles. The van der Waals surface area contributed by atoms with Crippen molar-refractivity contribution in [3.8, 4) is 5.75 Å². The Morgan fingerprint density at radius 2 is 1.41 bits per heavy atom. The number of ether oxygens (including phenoxy) is 1. The van der Waals surface area contributed by atoms with Crippen LogP contribution in [0.2, 0.25) is 0 Å². The summed E-state index contributed by atoms with van der Waals surface area (Å²) in [4.78, 5) is 110. The number of carbonyl (C=O) groups excluding carboxylic acids is 8. The Hall–Kier alpha value is -5.23. The van der Waals surface area contributed by atoms with Crippen molar-refractivity contribution in [2.24, 2.45) is 29.4 Å². The summed E-state index contributed by atoms with van der Waals surface area (Å²) in [6.07, 6.45) is 4.82. The van der Waals surface area contributed by atoms with E-state index in [9.17, 15) is 53.7 Å². The summed E-state index contributed by atoms with van der Waals surface area (Å²) in [6.45, 7) is 11.3. The van der Waals surface area contributed by atoms with Crippen LogP contribution >= 0.6 is 0 Å². The molecule has 1 fully saturated rings. The molecule has 1 heterocycles. The van der Waals surface area contributed by atoms with Crippen molar-refractivity contribution in [2.45, 2.75) is 207 Å². The molecular formula is C51H82N6O12. The first-order valence-electron chi connectivity index (χ1n) is 25.0. The van der Waals surface area contributed by atoms with Crippen molar-refractivity contribution in [3.63, 3.8) is 0 Å². The summed E-state index contributed by atoms with van der Waals surface area (Å²) >= 11 is 0. The van der Waals surface area contributed by atoms with E-state index in [1.165, 1.54) is 65.0 Å². The fourth-order valence-electron chi connectivity index (χ4n) is 8.52. The zero-order valence-electron chi connectivity index (χ0n) is 42.0. The Morgan fingerprint density at radius 3 is 1.97 bits per heavy atom. The summed E-state index contributed by atoms with van der Waals surface area (Å²) in [5, 5.41) is 50.6. The van der Waals surface area contributed by atoms with Gasteiger partial charge in [-0.05, 0) is 76.0 Å². The van der Waals surface area contributed by atoms with Gasteiger partial charge in [-0.15, -0.1) is 0 Å². The molecule has 0 aromatic heterocycles. The second-order valence-corrected chi connectivity index (χ2v) is 19.3. The van der Waals surface area contributed by atoms with Gasteiger partial charge >= 0.3 is 5.97 Å². The summed E-state index contributed by atoms with van der Waals surface area (Å²) in [6, 6.07) is -0.0564. The maximum Gasteiger partial charge on any atom is 0.309 e. The number of esters is 1. The highest BCUT2D eigenvalue weighted by molar-refractivity contribution is 5.98. The van der Waals surface area contributed by atoms with Gasteiger partial charge in [0.05, 0.1) is 36.6 Å². The predicted octanol–water partition coefficient (Wildman–Crippen LogP) is 4.40. The van der Waals surface area contributed by atoms with E-state index in [0.717, 1.165) is 25.7 Å². The van der Waals surface area contributed by atoms with Gasteiger partial charge < -0.3 is 52.5 Å². The third-order valence-electron chi connectivity index (χ3n) is 13.0. The van der Waals surface area contributed by atoms with Gasteiger partial charge in [-0.3, -0.25) is 38.4 Å². The number of phenols is 1. The highest BCUT2D eigenvalue weighted by atomic mass is 16.5. The number of ketones is 2. The minimum absolute atomic E-state index is 0.0496. The van der Waals surface area contributed by atoms with Gasteiger partial charge in [0, 0.05) is 30.9 Å². The van der Waals surface area contributed by atoms with E-state index in [1.54, 1.807) is 32.9 Å². The number of cyclic esters (lactones) is 1. The third kappa shape index (κ3) is 21.9. The number of nitrogens with two attached hydrogens (primary N) is 1. The number of aliphatic hydroxyl groups is 2. The number of phenolic OH excluding ortho intramolecular Hbond substituents is 1. The lowest BCUT2D eigenvalue weighted by Gasteiger charge is -2.30. The third-order valence-corrected chi connectivity index (χ3v) is 13.0. The summed E-state index contributed by atoms with van der Waals surface area (Å²) < 4.78 is 5.73. The number of aliphatic hydroxyl groups excluding tert-OH is 2. The average molecular weight is 971 g/mol. The van der Waals surface area contributed by atoms with E-state index in [2.05, 4.69) is 28.2 Å². The molecular weight excluding hydrogens is 889 g/mol. The Balaban J connectivity index is 2.57. The fraction of sp³-hybridized carbons (Fsp3) is 0.706. The molecule has 0 spiro atoms. The number of Topliss-reactive ketones (excluding diaryl/α,β-unsaturated/α-hetero) is 2. The van der Waals surface area contributed by atoms with Gasteiger partial charge in [0.1, 0.15) is 23.9 Å². The van der Waals surface area contributed by atoms with Crippen molar-refractivity contribution in [1.29, 1.82) is 5.41 Å². The van der Waals surface area contributed by atoms with Gasteiger partial charge in [-0.25, -0.2) is 0 Å². The SMILES string of the molecule is CCCCCCCCCCCC(CC(C)=N)C(O)CC(=O)NC1C(=O)NC(C(C)CC)C(=O)CC(Cc2ccc(O)cc2)C(=O)NC(C(C)O)C(=O)NC(CCC(N)=O)C(=O)CC(C)C(=O)OC1C. The number of amides is 5. The average Bonchev–Trinajstić information content (AvgIpc) is 3.28. The first-order valence-corrected chi connectivity index (χ1v) is 25.0. The maximum absolute atomic E-state index is 14.4. The smallest absolute Gasteiger partial charge is 0.309 e. The van der Waals surface area contributed by atoms with Crippen LogP contribution in [-0.4, -0.2) is 111 Å². The van der Waals surface area contributed by atoms with Crippen molar-refractivity contribution in [2.75, 3.05) is 0 Å². The van der Waals surface area contributed by atoms with Crippen LogP contribution in [0.4, 0.5) is 0 Å². The fourth-order valence-corrected chi connectivity index (χ4v) is 8.52. The number of unbranched alkanes of at least 4 members (excludes halogenated alkanes) is 8. The molecule has 2 rings (SSSR count). The van der Waals surface area contributed by atoms with E-state index < -0.39 is 132 Å². The second kappa shape index (κ2) is 31.1. The molecule has 18 heteroatoms. The Labute approximate surface area is 408 Å². The van der Waals surface area contributed by atoms with E-state index in [0.29, 0.717) is 24.1 Å². The molecule has 5 amide bonds. The zero-order valence-corrected chi connectivity index (χ0v) is 42.0. The van der Waals surface area contributed by atoms with Gasteiger partial charge in [0.2, 0.25) is 29.5 Å². The number of nitrogens with one attached hydrogen (secondary N) is 5. The first kappa shape index (κ1) is 59.9. The topological polar surface area (TPSA) is 304 Å². The monoisotopic (exact) mass is 971 g/mol. The van der Waals surface area contributed by atoms with Crippen molar-refractivity contribution >= 4 is 52.8 Å². The van der Waals surface area contributed by atoms with E-state index in [1.807, 2.05) is 0 Å². The maximum atomic E-state index is 14.4. The standard InChI is InChI=1S/C51H82N6O12/c1-8-10-11-12-13-14-15-16-17-18-36(26-32(5)52)40(60)29-44(64)55-47-34(7)69-51(68)31(4)25-41(61)39(23-24-43(53)63)54-49(66)46(33(6)58)57-48(65)37(27-35-19-21-38(59)22-20-35)28-42(62)45(30(3)9-2)56-50(47)67/h19-22,30-31,33-34,36-37,39-40,45-47,52,58-60H,8-18,23-29H2,1-7H3,(H2,53,63)(H,54,66)(H,55,64)(H,56,67)(H,57,65). The number of benzene rings is 1. The van der Waals surface area contributed by atoms with Crippen molar-refractivity contribution in [1.82, 2.24) is 21.3 Å². The van der Waals surface area contributed by atoms with Crippen LogP contribution in [0.5, 0.6) is 5.75 Å². The van der Waals surface area contributed by atoms with Crippen LogP contribution < -0.4 is 27.0 Å². The Morgan fingerprint density at radius 1 is 0.812 bits per heavy atom. The lowest BCUT2D eigenvalue weighted by molar-refractivity contribution is -0.157. The summed E-state index contributed by atoms with van der Waals surface area (Å²) in [5.41, 5.74) is 6.24. The highest BCUT2D eigenvalue weighted by Crippen LogP contribution is 2.24. The molecule has 10 N–H and O–H groups in total. The molecule has 388 valence electrons. The van der Waals surface area contributed by atoms with Crippen LogP contribution in [0.25, 0.3) is 0 Å². The molecule has 0 aliphatic carbocycles. The highest BCUT2D eigenvalue weighted by Gasteiger charge is 2.39. The number of carbonyl (C=O) groups is 8. The second-order valence-electron chi connectivity index (χ2n) is 19.3. The Bertz CT molecular complexity index is 1860. The largest absolute Gasteiger partial charge is 0.508 e. The summed E-state index contributed by atoms with van der Waals surface area (Å²) in [5.74, 6) is -9.93. The van der Waals surface area contributed by atoms with Crippen LogP contribution in [0.1, 0.15) is 163 Å². The normalized spacial score (nSPS) is 24.2. The molecule has 0 bridgehead atoms. The van der Waals surface area contributed by atoms with Crippen molar-refractivity contribution in [3.05, 3.63) is 29.8 Å². The Kier molecular flexibility index (Phi) is 27.0. The molecule has 1 saturated heterocycles. The first-order chi connectivity index (χ1) is 32.6. The number of aromatic hydroxyl groups is 1. The summed E-state index contributed by atoms with van der Waals surface area (Å²) in [7, 11) is 0. The van der Waals surface area contributed by atoms with Gasteiger partial charge in [0.15, 0.2) is 11.6 Å². The molecule has 1 aliphatic heterocycles. The van der Waals surface area contributed by atoms with E-state index in [4.69, 9.17) is 15.9 Å². The number of rotatable bonds is 24. The lowest BCUT2D eigenvalue weighted by atomic mass is 9.86. The van der Waals surface area contributed by atoms with Gasteiger partial charge in [-0.1, -0.05) is 104 Å². The van der Waals surface area contributed by atoms with Gasteiger partial charge in [-0.2, -0.15) is 0 Å². The number of hydrogen-bond donors (Lipinski definition) is 9. The molecule has 0 radical (unpaired) electrons. The lowest BCUT2D eigenvalue weighted by Crippen LogP contribution is -2.58. The van der Waals surface area contributed by atoms with Crippen LogP contribution in [0.3, 0.4) is 0 Å². The predicted molar refractivity (Wildman–Crippen MR) is 261 cm³/mol. The quantitative estimate of drug-likeness (QED) is 0.0396. The van der Waals surface area contributed by atoms with Gasteiger partial charge in [0.25, 0.3) is 0 Å². The molecule has 1 aromatic rings. The van der Waals surface area contributed by atoms with Crippen molar-refractivity contribution < 1.29 is 58.4 Å². The van der Waals surface area contributed by atoms with E-state index in [-0.39, 0.29) is 31.4 Å². The molecule has 11 unspecified atom stereocenters. The zero-order chi connectivity index (χ0) is 51.8. The van der Waals surface area contributed by atoms with E-state index >= 15 is 0 Å². The minimum atomic E-state index is -1.66. The molecule has 11 atom stereocenters. The molecule has 1 aromatic carbocycles. The molecule has 18 nitrogen and oxygen atoms in total. The number of primary amides is 1. The minimum Gasteiger partial charge on any atom is -0.508 e. The van der Waals surface area contributed by atoms with Crippen LogP contribution in [0.15, 0.2) is 24.3 Å². The van der Waals surface area contributed by atoms with Crippen LogP contribution in [-0.2, 0) is 49.5 Å².